The number of nitrogens with two attached hydrogens (primary N) is 1. The first kappa shape index (κ1) is 13.6. The summed E-state index contributed by atoms with van der Waals surface area (Å²) in [5.41, 5.74) is 5.88. The molecule has 0 aromatic rings. The summed E-state index contributed by atoms with van der Waals surface area (Å²) in [5.74, 6) is 0. The quantitative estimate of drug-likeness (QED) is 0.698. The molecule has 2 heterocycles. The second-order valence-corrected chi connectivity index (χ2v) is 6.82. The Balaban J connectivity index is 1.98. The fourth-order valence-electron chi connectivity index (χ4n) is 3.06. The average Bonchev–Trinajstić information content (AvgIpc) is 2.70. The molecule has 0 aliphatic carbocycles. The van der Waals surface area contributed by atoms with Crippen molar-refractivity contribution in [3.05, 3.63) is 0 Å². The number of hydrogen-bond donors (Lipinski definition) is 1. The minimum atomic E-state index is -0.429. The summed E-state index contributed by atoms with van der Waals surface area (Å²) in [6.07, 6.45) is 0.777. The van der Waals surface area contributed by atoms with Gasteiger partial charge in [0.2, 0.25) is 0 Å². The van der Waals surface area contributed by atoms with Gasteiger partial charge < -0.3 is 20.3 Å². The summed E-state index contributed by atoms with van der Waals surface area (Å²) in [6, 6.07) is 0.162. The van der Waals surface area contributed by atoms with Gasteiger partial charge in [0, 0.05) is 37.6 Å². The van der Waals surface area contributed by atoms with E-state index in [1.165, 1.54) is 0 Å². The van der Waals surface area contributed by atoms with E-state index in [0.717, 1.165) is 32.6 Å². The second kappa shape index (κ2) is 4.38. The summed E-state index contributed by atoms with van der Waals surface area (Å²) in [4.78, 5) is 16.1. The summed E-state index contributed by atoms with van der Waals surface area (Å²) in [5, 5.41) is 0. The molecule has 2 N–H and O–H groups in total. The lowest BCUT2D eigenvalue weighted by molar-refractivity contribution is 0.0272. The highest BCUT2D eigenvalue weighted by molar-refractivity contribution is 5.68. The number of carbonyl (C=O) groups is 1. The topological polar surface area (TPSA) is 58.8 Å². The Morgan fingerprint density at radius 1 is 1.39 bits per heavy atom. The molecule has 2 rings (SSSR count). The Labute approximate surface area is 109 Å². The van der Waals surface area contributed by atoms with E-state index < -0.39 is 5.60 Å². The van der Waals surface area contributed by atoms with Crippen LogP contribution in [0.1, 0.15) is 27.2 Å². The van der Waals surface area contributed by atoms with Gasteiger partial charge in [-0.15, -0.1) is 0 Å². The Bertz CT molecular complexity index is 340. The molecule has 104 valence electrons. The van der Waals surface area contributed by atoms with Gasteiger partial charge in [0.1, 0.15) is 5.60 Å². The van der Waals surface area contributed by atoms with Crippen molar-refractivity contribution in [1.29, 1.82) is 0 Å². The van der Waals surface area contributed by atoms with Crippen LogP contribution < -0.4 is 5.73 Å². The van der Waals surface area contributed by atoms with E-state index in [0.29, 0.717) is 0 Å². The van der Waals surface area contributed by atoms with Gasteiger partial charge >= 0.3 is 6.09 Å². The molecule has 2 aliphatic heterocycles. The highest BCUT2D eigenvalue weighted by atomic mass is 16.6. The number of ether oxygens (including phenoxy) is 1. The first-order chi connectivity index (χ1) is 8.22. The van der Waals surface area contributed by atoms with Crippen molar-refractivity contribution in [1.82, 2.24) is 9.80 Å². The highest BCUT2D eigenvalue weighted by Crippen LogP contribution is 2.38. The fourth-order valence-corrected chi connectivity index (χ4v) is 3.06. The third-order valence-corrected chi connectivity index (χ3v) is 3.92. The van der Waals surface area contributed by atoms with Crippen LogP contribution in [0.4, 0.5) is 4.79 Å². The molecule has 2 unspecified atom stereocenters. The lowest BCUT2D eigenvalue weighted by atomic mass is 9.83. The Kier molecular flexibility index (Phi) is 3.32. The number of hydrogen-bond acceptors (Lipinski definition) is 4. The number of likely N-dealkylation sites (tertiary alicyclic amines) is 2. The van der Waals surface area contributed by atoms with Crippen LogP contribution in [0.25, 0.3) is 0 Å². The number of likely N-dealkylation sites (N-methyl/N-ethyl adjacent to an activating group) is 1. The maximum absolute atomic E-state index is 12.0. The van der Waals surface area contributed by atoms with Gasteiger partial charge in [-0.3, -0.25) is 0 Å². The van der Waals surface area contributed by atoms with Crippen molar-refractivity contribution in [2.75, 3.05) is 33.2 Å². The molecule has 0 bridgehead atoms. The summed E-state index contributed by atoms with van der Waals surface area (Å²) < 4.78 is 5.42. The van der Waals surface area contributed by atoms with E-state index in [-0.39, 0.29) is 17.6 Å². The van der Waals surface area contributed by atoms with Crippen LogP contribution in [0.15, 0.2) is 0 Å². The largest absolute Gasteiger partial charge is 0.444 e. The normalized spacial score (nSPS) is 33.4. The lowest BCUT2D eigenvalue weighted by Gasteiger charge is -2.29. The van der Waals surface area contributed by atoms with Gasteiger partial charge in [-0.2, -0.15) is 0 Å². The molecule has 5 heteroatoms. The molecule has 2 saturated heterocycles. The Hall–Kier alpha value is -0.810. The SMILES string of the molecule is CN1CC(N)C2(CCN(C(=O)OC(C)(C)C)C2)C1. The average molecular weight is 255 g/mol. The number of nitrogens with zero attached hydrogens (tertiary/aromatic N) is 2. The van der Waals surface area contributed by atoms with Gasteiger partial charge in [0.25, 0.3) is 0 Å². The van der Waals surface area contributed by atoms with Crippen molar-refractivity contribution in [2.24, 2.45) is 11.1 Å². The second-order valence-electron chi connectivity index (χ2n) is 6.82. The Morgan fingerprint density at radius 2 is 2.06 bits per heavy atom. The van der Waals surface area contributed by atoms with Gasteiger partial charge in [0.15, 0.2) is 0 Å². The monoisotopic (exact) mass is 255 g/mol. The summed E-state index contributed by atoms with van der Waals surface area (Å²) >= 11 is 0. The van der Waals surface area contributed by atoms with Crippen LogP contribution in [0.5, 0.6) is 0 Å². The summed E-state index contributed by atoms with van der Waals surface area (Å²) in [6.45, 7) is 9.07. The predicted octanol–water partition coefficient (Wildman–Crippen LogP) is 0.886. The van der Waals surface area contributed by atoms with E-state index in [1.807, 2.05) is 25.7 Å². The van der Waals surface area contributed by atoms with E-state index >= 15 is 0 Å². The third kappa shape index (κ3) is 2.62. The van der Waals surface area contributed by atoms with Crippen molar-refractivity contribution in [2.45, 2.75) is 38.8 Å². The highest BCUT2D eigenvalue weighted by Gasteiger charge is 2.49. The van der Waals surface area contributed by atoms with Gasteiger partial charge in [-0.1, -0.05) is 0 Å². The van der Waals surface area contributed by atoms with Gasteiger partial charge in [0.05, 0.1) is 0 Å². The summed E-state index contributed by atoms with van der Waals surface area (Å²) in [7, 11) is 2.09. The molecular weight excluding hydrogens is 230 g/mol. The maximum Gasteiger partial charge on any atom is 0.410 e. The number of amides is 1. The van der Waals surface area contributed by atoms with Gasteiger partial charge in [-0.05, 0) is 34.2 Å². The van der Waals surface area contributed by atoms with E-state index in [2.05, 4.69) is 11.9 Å². The predicted molar refractivity (Wildman–Crippen MR) is 70.3 cm³/mol. The molecule has 1 amide bonds. The molecule has 0 saturated carbocycles. The van der Waals surface area contributed by atoms with Crippen LogP contribution in [-0.2, 0) is 4.74 Å². The maximum atomic E-state index is 12.0. The molecule has 0 radical (unpaired) electrons. The molecule has 0 aromatic carbocycles. The zero-order valence-corrected chi connectivity index (χ0v) is 11.9. The first-order valence-corrected chi connectivity index (χ1v) is 6.64. The van der Waals surface area contributed by atoms with Crippen molar-refractivity contribution in [3.8, 4) is 0 Å². The van der Waals surface area contributed by atoms with Crippen molar-refractivity contribution >= 4 is 6.09 Å². The Morgan fingerprint density at radius 3 is 2.56 bits per heavy atom. The van der Waals surface area contributed by atoms with Crippen molar-refractivity contribution < 1.29 is 9.53 Å². The molecule has 2 fully saturated rings. The molecular formula is C13H25N3O2. The molecule has 18 heavy (non-hydrogen) atoms. The molecule has 2 aliphatic rings. The van der Waals surface area contributed by atoms with Crippen LogP contribution in [-0.4, -0.2) is 60.8 Å². The number of carbonyl (C=O) groups excluding carboxylic acids is 1. The van der Waals surface area contributed by atoms with E-state index in [1.54, 1.807) is 0 Å². The smallest absolute Gasteiger partial charge is 0.410 e. The zero-order valence-electron chi connectivity index (χ0n) is 11.9. The minimum Gasteiger partial charge on any atom is -0.444 e. The van der Waals surface area contributed by atoms with Crippen LogP contribution in [0.3, 0.4) is 0 Å². The van der Waals surface area contributed by atoms with Crippen LogP contribution in [0.2, 0.25) is 0 Å². The van der Waals surface area contributed by atoms with E-state index in [9.17, 15) is 4.79 Å². The number of rotatable bonds is 0. The molecule has 2 atom stereocenters. The fraction of sp³-hybridized carbons (Fsp3) is 0.923. The zero-order chi connectivity index (χ0) is 13.6. The first-order valence-electron chi connectivity index (χ1n) is 6.64. The van der Waals surface area contributed by atoms with E-state index in [4.69, 9.17) is 10.5 Å². The van der Waals surface area contributed by atoms with Crippen LogP contribution >= 0.6 is 0 Å². The van der Waals surface area contributed by atoms with Crippen molar-refractivity contribution in [3.63, 3.8) is 0 Å². The minimum absolute atomic E-state index is 0.0751. The van der Waals surface area contributed by atoms with Gasteiger partial charge in [-0.25, -0.2) is 4.79 Å². The van der Waals surface area contributed by atoms with Crippen LogP contribution in [0, 0.1) is 5.41 Å². The molecule has 5 nitrogen and oxygen atoms in total. The third-order valence-electron chi connectivity index (χ3n) is 3.92. The molecule has 1 spiro atoms. The standard InChI is InChI=1S/C13H25N3O2/c1-12(2,3)18-11(17)16-6-5-13(9-16)8-15(4)7-10(13)14/h10H,5-9,14H2,1-4H3. The molecule has 0 aromatic heterocycles. The lowest BCUT2D eigenvalue weighted by Crippen LogP contribution is -2.44.